The number of aromatic nitrogens is 1. The van der Waals surface area contributed by atoms with Crippen molar-refractivity contribution in [3.63, 3.8) is 0 Å². The van der Waals surface area contributed by atoms with Gasteiger partial charge in [0, 0.05) is 5.38 Å². The summed E-state index contributed by atoms with van der Waals surface area (Å²) in [5.41, 5.74) is 1.01. The zero-order chi connectivity index (χ0) is 19.4. The van der Waals surface area contributed by atoms with Crippen molar-refractivity contribution in [3.05, 3.63) is 44.9 Å². The van der Waals surface area contributed by atoms with E-state index in [1.54, 1.807) is 17.5 Å². The van der Waals surface area contributed by atoms with Crippen LogP contribution in [0.2, 0.25) is 10.0 Å². The lowest BCUT2D eigenvalue weighted by Crippen LogP contribution is -2.23. The average Bonchev–Trinajstić information content (AvgIpc) is 3.33. The number of rotatable bonds is 6. The summed E-state index contributed by atoms with van der Waals surface area (Å²) in [6.07, 6.45) is 5.42. The van der Waals surface area contributed by atoms with Gasteiger partial charge in [0.2, 0.25) is 5.91 Å². The molecular weight excluding hydrogens is 407 g/mol. The zero-order valence-corrected chi connectivity index (χ0v) is 17.2. The van der Waals surface area contributed by atoms with Gasteiger partial charge in [-0.25, -0.2) is 9.78 Å². The van der Waals surface area contributed by atoms with E-state index < -0.39 is 5.97 Å². The topological polar surface area (TPSA) is 68.3 Å². The van der Waals surface area contributed by atoms with E-state index >= 15 is 0 Å². The van der Waals surface area contributed by atoms with Crippen LogP contribution >= 0.6 is 34.5 Å². The molecule has 1 aliphatic rings. The molecule has 0 aliphatic heterocycles. The van der Waals surface area contributed by atoms with Gasteiger partial charge in [0.1, 0.15) is 0 Å². The highest BCUT2D eigenvalue weighted by molar-refractivity contribution is 7.14. The van der Waals surface area contributed by atoms with E-state index in [9.17, 15) is 9.59 Å². The summed E-state index contributed by atoms with van der Waals surface area (Å²) in [5.74, 6) is -0.532. The summed E-state index contributed by atoms with van der Waals surface area (Å²) >= 11 is 13.4. The molecular formula is C19H20Cl2N2O3S. The first-order valence-corrected chi connectivity index (χ1v) is 10.4. The number of anilines is 1. The molecule has 1 aliphatic carbocycles. The number of carbonyl (C=O) groups excluding carboxylic acids is 2. The van der Waals surface area contributed by atoms with Gasteiger partial charge in [-0.15, -0.1) is 11.3 Å². The summed E-state index contributed by atoms with van der Waals surface area (Å²) in [6.45, 7) is 0. The number of hydrogen-bond acceptors (Lipinski definition) is 5. The second-order valence-corrected chi connectivity index (χ2v) is 8.30. The number of thiazole rings is 1. The molecule has 1 N–H and O–H groups in total. The van der Waals surface area contributed by atoms with E-state index in [0.29, 0.717) is 21.1 Å². The van der Waals surface area contributed by atoms with Gasteiger partial charge >= 0.3 is 5.97 Å². The molecule has 1 heterocycles. The Morgan fingerprint density at radius 2 is 2.04 bits per heavy atom. The molecule has 0 radical (unpaired) electrons. The molecule has 0 spiro atoms. The molecule has 3 rings (SSSR count). The van der Waals surface area contributed by atoms with Crippen molar-refractivity contribution < 1.29 is 14.3 Å². The maximum Gasteiger partial charge on any atom is 0.357 e. The molecule has 1 unspecified atom stereocenters. The minimum Gasteiger partial charge on any atom is -0.464 e. The van der Waals surface area contributed by atoms with Crippen LogP contribution in [0.3, 0.4) is 0 Å². The number of ether oxygens (including phenoxy) is 1. The Kier molecular flexibility index (Phi) is 6.73. The maximum absolute atomic E-state index is 13.0. The Bertz CT molecular complexity index is 834. The van der Waals surface area contributed by atoms with E-state index in [4.69, 9.17) is 23.2 Å². The number of esters is 1. The molecule has 144 valence electrons. The fraction of sp³-hybridized carbons (Fsp3) is 0.421. The Morgan fingerprint density at radius 1 is 1.30 bits per heavy atom. The number of nitrogens with one attached hydrogen (secondary N) is 1. The van der Waals surface area contributed by atoms with Gasteiger partial charge < -0.3 is 10.1 Å². The average molecular weight is 427 g/mol. The Morgan fingerprint density at radius 3 is 2.70 bits per heavy atom. The Hall–Kier alpha value is -1.63. The van der Waals surface area contributed by atoms with Crippen LogP contribution in [-0.2, 0) is 9.53 Å². The zero-order valence-electron chi connectivity index (χ0n) is 14.8. The van der Waals surface area contributed by atoms with Crippen LogP contribution in [0.25, 0.3) is 0 Å². The first-order valence-electron chi connectivity index (χ1n) is 8.77. The smallest absolute Gasteiger partial charge is 0.357 e. The van der Waals surface area contributed by atoms with E-state index in [1.807, 2.05) is 6.07 Å². The summed E-state index contributed by atoms with van der Waals surface area (Å²) in [6, 6.07) is 5.31. The lowest BCUT2D eigenvalue weighted by Gasteiger charge is -2.20. The first kappa shape index (κ1) is 20.1. The van der Waals surface area contributed by atoms with Gasteiger partial charge in [-0.3, -0.25) is 4.79 Å². The quantitative estimate of drug-likeness (QED) is 0.615. The molecule has 1 atom stereocenters. The predicted octanol–water partition coefficient (Wildman–Crippen LogP) is 5.54. The lowest BCUT2D eigenvalue weighted by atomic mass is 9.87. The second kappa shape index (κ2) is 9.04. The predicted molar refractivity (Wildman–Crippen MR) is 108 cm³/mol. The van der Waals surface area contributed by atoms with Crippen molar-refractivity contribution in [2.75, 3.05) is 12.4 Å². The number of carbonyl (C=O) groups is 2. The third kappa shape index (κ3) is 5.00. The molecule has 0 saturated heterocycles. The summed E-state index contributed by atoms with van der Waals surface area (Å²) < 4.78 is 4.65. The monoisotopic (exact) mass is 426 g/mol. The second-order valence-electron chi connectivity index (χ2n) is 6.63. The van der Waals surface area contributed by atoms with Crippen LogP contribution in [0.1, 0.15) is 54.1 Å². The van der Waals surface area contributed by atoms with Gasteiger partial charge in [0.15, 0.2) is 10.8 Å². The molecule has 27 heavy (non-hydrogen) atoms. The van der Waals surface area contributed by atoms with Crippen molar-refractivity contribution in [2.45, 2.75) is 38.0 Å². The fourth-order valence-corrected chi connectivity index (χ4v) is 4.41. The number of hydrogen-bond donors (Lipinski definition) is 1. The van der Waals surface area contributed by atoms with Crippen molar-refractivity contribution in [1.29, 1.82) is 0 Å². The van der Waals surface area contributed by atoms with E-state index in [2.05, 4.69) is 15.0 Å². The lowest BCUT2D eigenvalue weighted by molar-refractivity contribution is -0.118. The number of amides is 1. The van der Waals surface area contributed by atoms with Crippen LogP contribution in [0, 0.1) is 5.92 Å². The first-order chi connectivity index (χ1) is 13.0. The van der Waals surface area contributed by atoms with Gasteiger partial charge in [-0.2, -0.15) is 0 Å². The highest BCUT2D eigenvalue weighted by Crippen LogP contribution is 2.36. The van der Waals surface area contributed by atoms with Gasteiger partial charge in [-0.1, -0.05) is 55.0 Å². The third-order valence-corrected chi connectivity index (χ3v) is 6.33. The highest BCUT2D eigenvalue weighted by atomic mass is 35.5. The van der Waals surface area contributed by atoms with Crippen molar-refractivity contribution in [3.8, 4) is 0 Å². The van der Waals surface area contributed by atoms with Gasteiger partial charge in [0.25, 0.3) is 0 Å². The Balaban J connectivity index is 1.80. The van der Waals surface area contributed by atoms with E-state index in [-0.39, 0.29) is 17.5 Å². The summed E-state index contributed by atoms with van der Waals surface area (Å²) in [5, 5.41) is 5.66. The maximum atomic E-state index is 13.0. The number of methoxy groups -OCH3 is 1. The fourth-order valence-electron chi connectivity index (χ4n) is 3.43. The van der Waals surface area contributed by atoms with Crippen LogP contribution in [-0.4, -0.2) is 24.0 Å². The summed E-state index contributed by atoms with van der Waals surface area (Å²) in [7, 11) is 1.29. The van der Waals surface area contributed by atoms with Crippen molar-refractivity contribution in [1.82, 2.24) is 4.98 Å². The largest absolute Gasteiger partial charge is 0.464 e. The van der Waals surface area contributed by atoms with Crippen molar-refractivity contribution in [2.24, 2.45) is 5.92 Å². The van der Waals surface area contributed by atoms with E-state index in [0.717, 1.165) is 24.8 Å². The van der Waals surface area contributed by atoms with Gasteiger partial charge in [-0.05, 0) is 30.0 Å². The van der Waals surface area contributed by atoms with Crippen molar-refractivity contribution >= 4 is 51.5 Å². The molecule has 1 saturated carbocycles. The standard InChI is InChI=1S/C19H20Cl2N2O3S/c1-26-18(25)16-10-27-19(22-16)23-17(24)13(8-11-4-2-3-5-11)12-6-7-14(20)15(21)9-12/h6-7,9-11,13H,2-5,8H2,1H3,(H,22,23,24). The normalized spacial score (nSPS) is 15.5. The Labute approximate surface area is 172 Å². The molecule has 1 aromatic heterocycles. The van der Waals surface area contributed by atoms with Crippen LogP contribution < -0.4 is 5.32 Å². The molecule has 1 fully saturated rings. The minimum absolute atomic E-state index is 0.161. The molecule has 0 bridgehead atoms. The van der Waals surface area contributed by atoms with Crippen LogP contribution in [0.4, 0.5) is 5.13 Å². The van der Waals surface area contributed by atoms with E-state index in [1.165, 1.54) is 31.3 Å². The SMILES string of the molecule is COC(=O)c1csc(NC(=O)C(CC2CCCC2)c2ccc(Cl)c(Cl)c2)n1. The number of halogens is 2. The number of nitrogens with zero attached hydrogens (tertiary/aromatic N) is 1. The third-order valence-electron chi connectivity index (χ3n) is 4.84. The molecule has 8 heteroatoms. The van der Waals surface area contributed by atoms with Crippen LogP contribution in [0.15, 0.2) is 23.6 Å². The minimum atomic E-state index is -0.529. The molecule has 5 nitrogen and oxygen atoms in total. The molecule has 1 aromatic carbocycles. The molecule has 2 aromatic rings. The highest BCUT2D eigenvalue weighted by Gasteiger charge is 2.28. The molecule has 1 amide bonds. The van der Waals surface area contributed by atoms with Gasteiger partial charge in [0.05, 0.1) is 23.1 Å². The van der Waals surface area contributed by atoms with Crippen LogP contribution in [0.5, 0.6) is 0 Å². The number of benzene rings is 1. The summed E-state index contributed by atoms with van der Waals surface area (Å²) in [4.78, 5) is 28.7.